The van der Waals surface area contributed by atoms with Crippen LogP contribution in [0.4, 0.5) is 20.6 Å². The van der Waals surface area contributed by atoms with Crippen molar-refractivity contribution in [3.05, 3.63) is 96.4 Å². The van der Waals surface area contributed by atoms with Crippen molar-refractivity contribution in [3.63, 3.8) is 0 Å². The Kier molecular flexibility index (Phi) is 6.99. The average molecular weight is 502 g/mol. The normalized spacial score (nSPS) is 13.5. The lowest BCUT2D eigenvalue weighted by molar-refractivity contribution is 0.0671. The summed E-state index contributed by atoms with van der Waals surface area (Å²) in [6.45, 7) is 1.74. The fourth-order valence-corrected chi connectivity index (χ4v) is 4.76. The van der Waals surface area contributed by atoms with Gasteiger partial charge in [-0.15, -0.1) is 0 Å². The number of hydrogen-bond donors (Lipinski definition) is 2. The van der Waals surface area contributed by atoms with Crippen molar-refractivity contribution in [2.75, 3.05) is 36.2 Å². The fourth-order valence-electron chi connectivity index (χ4n) is 3.98. The largest absolute Gasteiger partial charge is 0.335 e. The van der Waals surface area contributed by atoms with E-state index in [9.17, 15) is 14.0 Å². The third kappa shape index (κ3) is 5.41. The van der Waals surface area contributed by atoms with Gasteiger partial charge in [0.1, 0.15) is 5.82 Å². The zero-order valence-electron chi connectivity index (χ0n) is 19.4. The molecule has 0 unspecified atom stereocenters. The number of nitrogens with one attached hydrogen (secondary N) is 2. The van der Waals surface area contributed by atoms with Crippen LogP contribution in [0.25, 0.3) is 10.9 Å². The van der Waals surface area contributed by atoms with Crippen molar-refractivity contribution in [1.82, 2.24) is 14.8 Å². The zero-order valence-corrected chi connectivity index (χ0v) is 20.2. The van der Waals surface area contributed by atoms with Crippen LogP contribution in [0.3, 0.4) is 0 Å². The number of piperazine rings is 1. The number of para-hydroxylation sites is 1. The maximum atomic E-state index is 13.1. The SMILES string of the molecule is O=C(Nc1ccc(F)cc1)N1CCN(C(=O)c2ccc(NSc3cccc4cccnc34)cc2)CC1. The van der Waals surface area contributed by atoms with E-state index in [0.29, 0.717) is 37.4 Å². The third-order valence-electron chi connectivity index (χ3n) is 5.96. The molecule has 182 valence electrons. The van der Waals surface area contributed by atoms with Crippen LogP contribution in [-0.2, 0) is 0 Å². The lowest BCUT2D eigenvalue weighted by atomic mass is 10.1. The molecule has 0 bridgehead atoms. The monoisotopic (exact) mass is 501 g/mol. The molecule has 0 radical (unpaired) electrons. The minimum atomic E-state index is -0.357. The van der Waals surface area contributed by atoms with Gasteiger partial charge >= 0.3 is 6.03 Å². The van der Waals surface area contributed by atoms with Crippen LogP contribution in [0.2, 0.25) is 0 Å². The number of anilines is 2. The Balaban J connectivity index is 1.13. The van der Waals surface area contributed by atoms with Gasteiger partial charge in [0, 0.05) is 54.7 Å². The van der Waals surface area contributed by atoms with Crippen LogP contribution >= 0.6 is 11.9 Å². The summed E-state index contributed by atoms with van der Waals surface area (Å²) in [5.41, 5.74) is 2.95. The summed E-state index contributed by atoms with van der Waals surface area (Å²) in [4.78, 5) is 34.3. The third-order valence-corrected chi connectivity index (χ3v) is 6.84. The Morgan fingerprint density at radius 1 is 0.806 bits per heavy atom. The molecule has 1 aliphatic heterocycles. The van der Waals surface area contributed by atoms with Crippen molar-refractivity contribution >= 4 is 46.2 Å². The number of amides is 3. The minimum Gasteiger partial charge on any atom is -0.335 e. The van der Waals surface area contributed by atoms with Gasteiger partial charge in [-0.2, -0.15) is 0 Å². The number of nitrogens with zero attached hydrogens (tertiary/aromatic N) is 3. The number of benzene rings is 3. The molecule has 1 fully saturated rings. The second-order valence-electron chi connectivity index (χ2n) is 8.33. The van der Waals surface area contributed by atoms with Crippen molar-refractivity contribution in [3.8, 4) is 0 Å². The molecule has 1 aliphatic rings. The van der Waals surface area contributed by atoms with Gasteiger partial charge in [0.15, 0.2) is 0 Å². The van der Waals surface area contributed by atoms with Crippen LogP contribution in [0.1, 0.15) is 10.4 Å². The first-order valence-electron chi connectivity index (χ1n) is 11.5. The van der Waals surface area contributed by atoms with Gasteiger partial charge in [-0.25, -0.2) is 9.18 Å². The van der Waals surface area contributed by atoms with Crippen molar-refractivity contribution < 1.29 is 14.0 Å². The Morgan fingerprint density at radius 3 is 2.22 bits per heavy atom. The van der Waals surface area contributed by atoms with E-state index in [4.69, 9.17) is 0 Å². The maximum Gasteiger partial charge on any atom is 0.321 e. The Labute approximate surface area is 212 Å². The number of urea groups is 1. The summed E-state index contributed by atoms with van der Waals surface area (Å²) in [7, 11) is 0. The number of fused-ring (bicyclic) bond motifs is 1. The summed E-state index contributed by atoms with van der Waals surface area (Å²) in [5, 5.41) is 3.84. The summed E-state index contributed by atoms with van der Waals surface area (Å²) in [6, 6.07) is 22.7. The molecule has 0 saturated carbocycles. The predicted octanol–water partition coefficient (Wildman–Crippen LogP) is 5.48. The first-order valence-corrected chi connectivity index (χ1v) is 12.4. The van der Waals surface area contributed by atoms with Crippen molar-refractivity contribution in [1.29, 1.82) is 0 Å². The molecule has 1 aromatic heterocycles. The lowest BCUT2D eigenvalue weighted by Crippen LogP contribution is -2.51. The van der Waals surface area contributed by atoms with E-state index >= 15 is 0 Å². The zero-order chi connectivity index (χ0) is 24.9. The molecule has 3 aromatic carbocycles. The summed E-state index contributed by atoms with van der Waals surface area (Å²) < 4.78 is 16.4. The highest BCUT2D eigenvalue weighted by molar-refractivity contribution is 8.00. The lowest BCUT2D eigenvalue weighted by Gasteiger charge is -2.34. The minimum absolute atomic E-state index is 0.0638. The van der Waals surface area contributed by atoms with Gasteiger partial charge in [0.25, 0.3) is 5.91 Å². The summed E-state index contributed by atoms with van der Waals surface area (Å²) >= 11 is 1.48. The Hall–Kier alpha value is -4.11. The van der Waals surface area contributed by atoms with Gasteiger partial charge in [0.05, 0.1) is 10.4 Å². The van der Waals surface area contributed by atoms with E-state index in [2.05, 4.69) is 15.0 Å². The van der Waals surface area contributed by atoms with Gasteiger partial charge in [-0.05, 0) is 72.6 Å². The molecule has 0 aliphatic carbocycles. The average Bonchev–Trinajstić information content (AvgIpc) is 2.93. The van der Waals surface area contributed by atoms with E-state index in [1.807, 2.05) is 42.5 Å². The van der Waals surface area contributed by atoms with Crippen LogP contribution in [-0.4, -0.2) is 52.9 Å². The smallest absolute Gasteiger partial charge is 0.321 e. The van der Waals surface area contributed by atoms with Gasteiger partial charge in [-0.1, -0.05) is 18.2 Å². The molecule has 0 spiro atoms. The number of rotatable bonds is 5. The highest BCUT2D eigenvalue weighted by Crippen LogP contribution is 2.27. The van der Waals surface area contributed by atoms with Crippen LogP contribution in [0.5, 0.6) is 0 Å². The van der Waals surface area contributed by atoms with Crippen LogP contribution < -0.4 is 10.0 Å². The van der Waals surface area contributed by atoms with Gasteiger partial charge < -0.3 is 19.8 Å². The molecule has 4 aromatic rings. The molecular weight excluding hydrogens is 477 g/mol. The van der Waals surface area contributed by atoms with Gasteiger partial charge in [-0.3, -0.25) is 9.78 Å². The molecule has 5 rings (SSSR count). The van der Waals surface area contributed by atoms with E-state index in [1.54, 1.807) is 28.1 Å². The number of hydrogen-bond acceptors (Lipinski definition) is 5. The quantitative estimate of drug-likeness (QED) is 0.354. The molecule has 2 heterocycles. The Morgan fingerprint density at radius 2 is 1.47 bits per heavy atom. The molecule has 7 nitrogen and oxygen atoms in total. The highest BCUT2D eigenvalue weighted by atomic mass is 32.2. The molecule has 0 atom stereocenters. The molecule has 3 amide bonds. The van der Waals surface area contributed by atoms with E-state index in [-0.39, 0.29) is 17.8 Å². The van der Waals surface area contributed by atoms with E-state index in [1.165, 1.54) is 36.2 Å². The van der Waals surface area contributed by atoms with E-state index in [0.717, 1.165) is 21.5 Å². The highest BCUT2D eigenvalue weighted by Gasteiger charge is 2.25. The number of halogens is 1. The van der Waals surface area contributed by atoms with E-state index < -0.39 is 0 Å². The summed E-state index contributed by atoms with van der Waals surface area (Å²) in [6.07, 6.45) is 1.78. The number of carbonyl (C=O) groups excluding carboxylic acids is 2. The molecule has 9 heteroatoms. The second-order valence-corrected chi connectivity index (χ2v) is 9.18. The second kappa shape index (κ2) is 10.7. The number of pyridine rings is 1. The first-order chi connectivity index (χ1) is 17.6. The fraction of sp³-hybridized carbons (Fsp3) is 0.148. The van der Waals surface area contributed by atoms with Crippen LogP contribution in [0.15, 0.2) is 90.0 Å². The molecule has 36 heavy (non-hydrogen) atoms. The van der Waals surface area contributed by atoms with Crippen molar-refractivity contribution in [2.45, 2.75) is 4.90 Å². The number of carbonyl (C=O) groups is 2. The molecule has 1 saturated heterocycles. The molecule has 2 N–H and O–H groups in total. The molecular formula is C27H24FN5O2S. The summed E-state index contributed by atoms with van der Waals surface area (Å²) in [5.74, 6) is -0.421. The maximum absolute atomic E-state index is 13.1. The number of aromatic nitrogens is 1. The Bertz CT molecular complexity index is 1370. The van der Waals surface area contributed by atoms with Gasteiger partial charge in [0.2, 0.25) is 0 Å². The topological polar surface area (TPSA) is 77.6 Å². The standard InChI is InChI=1S/C27H24FN5O2S/c28-21-8-12-22(13-9-21)30-27(35)33-17-15-32(16-18-33)26(34)20-6-10-23(11-7-20)31-36-24-5-1-3-19-4-2-14-29-25(19)24/h1-14,31H,15-18H2,(H,30,35). The first kappa shape index (κ1) is 23.6. The van der Waals surface area contributed by atoms with Crippen molar-refractivity contribution in [2.24, 2.45) is 0 Å². The van der Waals surface area contributed by atoms with Crippen LogP contribution in [0, 0.1) is 5.82 Å². The predicted molar refractivity (Wildman–Crippen MR) is 141 cm³/mol.